The van der Waals surface area contributed by atoms with Gasteiger partial charge in [0, 0.05) is 31.9 Å². The fraction of sp³-hybridized carbons (Fsp3) is 0.409. The van der Waals surface area contributed by atoms with E-state index >= 15 is 0 Å². The largest absolute Gasteiger partial charge is 0.497 e. The van der Waals surface area contributed by atoms with Crippen LogP contribution in [0.5, 0.6) is 11.5 Å². The molecule has 0 radical (unpaired) electrons. The SMILES string of the molecule is COc1ccc(C(=O)NC[C@@H](c2ccc3c(c2)CCN3C)N(C)C)c(OC)c1. The molecule has 1 heterocycles. The summed E-state index contributed by atoms with van der Waals surface area (Å²) in [6, 6.07) is 11.9. The molecule has 2 aromatic rings. The van der Waals surface area contributed by atoms with E-state index in [1.807, 2.05) is 14.1 Å². The molecule has 6 nitrogen and oxygen atoms in total. The van der Waals surface area contributed by atoms with Crippen molar-refractivity contribution in [3.63, 3.8) is 0 Å². The van der Waals surface area contributed by atoms with Crippen LogP contribution in [-0.2, 0) is 6.42 Å². The van der Waals surface area contributed by atoms with E-state index in [4.69, 9.17) is 9.47 Å². The van der Waals surface area contributed by atoms with Gasteiger partial charge in [0.2, 0.25) is 0 Å². The van der Waals surface area contributed by atoms with E-state index in [1.54, 1.807) is 32.4 Å². The van der Waals surface area contributed by atoms with Crippen molar-refractivity contribution in [2.75, 3.05) is 53.4 Å². The van der Waals surface area contributed by atoms with Crippen molar-refractivity contribution in [1.29, 1.82) is 0 Å². The summed E-state index contributed by atoms with van der Waals surface area (Å²) in [6.45, 7) is 1.56. The lowest BCUT2D eigenvalue weighted by molar-refractivity contribution is 0.0939. The first-order valence-electron chi connectivity index (χ1n) is 9.45. The number of nitrogens with zero attached hydrogens (tertiary/aromatic N) is 2. The molecule has 1 atom stereocenters. The number of benzene rings is 2. The first-order chi connectivity index (χ1) is 13.4. The fourth-order valence-corrected chi connectivity index (χ4v) is 3.66. The Morgan fingerprint density at radius 3 is 2.64 bits per heavy atom. The number of hydrogen-bond acceptors (Lipinski definition) is 5. The lowest BCUT2D eigenvalue weighted by Gasteiger charge is -2.26. The lowest BCUT2D eigenvalue weighted by atomic mass is 10.0. The first kappa shape index (κ1) is 20.0. The number of anilines is 1. The van der Waals surface area contributed by atoms with Gasteiger partial charge in [-0.3, -0.25) is 4.79 Å². The normalized spacial score (nSPS) is 14.0. The summed E-state index contributed by atoms with van der Waals surface area (Å²) in [6.07, 6.45) is 1.06. The molecule has 3 rings (SSSR count). The molecule has 0 aromatic heterocycles. The average molecular weight is 383 g/mol. The van der Waals surface area contributed by atoms with Gasteiger partial charge in [0.25, 0.3) is 5.91 Å². The van der Waals surface area contributed by atoms with Gasteiger partial charge in [0.05, 0.1) is 25.8 Å². The van der Waals surface area contributed by atoms with E-state index in [-0.39, 0.29) is 11.9 Å². The predicted octanol–water partition coefficient (Wildman–Crippen LogP) is 2.73. The average Bonchev–Trinajstić information content (AvgIpc) is 3.07. The van der Waals surface area contributed by atoms with Crippen molar-refractivity contribution in [2.45, 2.75) is 12.5 Å². The molecule has 6 heteroatoms. The Morgan fingerprint density at radius 2 is 1.96 bits per heavy atom. The molecule has 1 N–H and O–H groups in total. The molecule has 1 amide bonds. The zero-order valence-corrected chi connectivity index (χ0v) is 17.3. The smallest absolute Gasteiger partial charge is 0.255 e. The second-order valence-electron chi connectivity index (χ2n) is 7.32. The van der Waals surface area contributed by atoms with Crippen molar-refractivity contribution in [2.24, 2.45) is 0 Å². The van der Waals surface area contributed by atoms with Crippen LogP contribution < -0.4 is 19.7 Å². The third-order valence-electron chi connectivity index (χ3n) is 5.35. The third-order valence-corrected chi connectivity index (χ3v) is 5.35. The van der Waals surface area contributed by atoms with Gasteiger partial charge in [0.1, 0.15) is 11.5 Å². The topological polar surface area (TPSA) is 54.0 Å². The Labute approximate surface area is 167 Å². The van der Waals surface area contributed by atoms with Gasteiger partial charge < -0.3 is 24.6 Å². The highest BCUT2D eigenvalue weighted by atomic mass is 16.5. The summed E-state index contributed by atoms with van der Waals surface area (Å²) >= 11 is 0. The quantitative estimate of drug-likeness (QED) is 0.797. The van der Waals surface area contributed by atoms with E-state index in [0.717, 1.165) is 13.0 Å². The number of likely N-dealkylation sites (N-methyl/N-ethyl adjacent to an activating group) is 2. The van der Waals surface area contributed by atoms with E-state index in [1.165, 1.54) is 16.8 Å². The molecule has 28 heavy (non-hydrogen) atoms. The van der Waals surface area contributed by atoms with Crippen molar-refractivity contribution >= 4 is 11.6 Å². The number of methoxy groups -OCH3 is 2. The minimum Gasteiger partial charge on any atom is -0.497 e. The molecule has 1 aliphatic heterocycles. The number of carbonyl (C=O) groups excluding carboxylic acids is 1. The van der Waals surface area contributed by atoms with Gasteiger partial charge in [-0.05, 0) is 49.8 Å². The van der Waals surface area contributed by atoms with Crippen molar-refractivity contribution in [1.82, 2.24) is 10.2 Å². The van der Waals surface area contributed by atoms with Crippen LogP contribution in [0.4, 0.5) is 5.69 Å². The highest BCUT2D eigenvalue weighted by Gasteiger charge is 2.21. The third kappa shape index (κ3) is 4.07. The number of hydrogen-bond donors (Lipinski definition) is 1. The monoisotopic (exact) mass is 383 g/mol. The maximum atomic E-state index is 12.8. The molecule has 0 saturated carbocycles. The van der Waals surface area contributed by atoms with Gasteiger partial charge in [-0.25, -0.2) is 0 Å². The van der Waals surface area contributed by atoms with Crippen LogP contribution in [0.3, 0.4) is 0 Å². The van der Waals surface area contributed by atoms with E-state index in [2.05, 4.69) is 40.4 Å². The first-order valence-corrected chi connectivity index (χ1v) is 9.45. The van der Waals surface area contributed by atoms with Crippen LogP contribution in [0, 0.1) is 0 Å². The summed E-state index contributed by atoms with van der Waals surface area (Å²) in [5, 5.41) is 3.06. The van der Waals surface area contributed by atoms with Gasteiger partial charge in [-0.15, -0.1) is 0 Å². The molecule has 0 spiro atoms. The number of fused-ring (bicyclic) bond motifs is 1. The molecule has 2 aromatic carbocycles. The number of nitrogens with one attached hydrogen (secondary N) is 1. The van der Waals surface area contributed by atoms with Gasteiger partial charge in [-0.1, -0.05) is 12.1 Å². The second kappa shape index (κ2) is 8.52. The predicted molar refractivity (Wildman–Crippen MR) is 112 cm³/mol. The Hall–Kier alpha value is -2.73. The van der Waals surface area contributed by atoms with Gasteiger partial charge >= 0.3 is 0 Å². The zero-order chi connectivity index (χ0) is 20.3. The Bertz CT molecular complexity index is 851. The molecule has 0 saturated heterocycles. The summed E-state index contributed by atoms with van der Waals surface area (Å²) in [5.41, 5.74) is 4.38. The Morgan fingerprint density at radius 1 is 1.18 bits per heavy atom. The molecule has 150 valence electrons. The molecule has 0 unspecified atom stereocenters. The van der Waals surface area contributed by atoms with Crippen LogP contribution in [0.2, 0.25) is 0 Å². The summed E-state index contributed by atoms with van der Waals surface area (Å²) in [7, 11) is 9.33. The lowest BCUT2D eigenvalue weighted by Crippen LogP contribution is -2.34. The highest BCUT2D eigenvalue weighted by molar-refractivity contribution is 5.97. The van der Waals surface area contributed by atoms with E-state index < -0.39 is 0 Å². The zero-order valence-electron chi connectivity index (χ0n) is 17.3. The molecule has 0 bridgehead atoms. The Kier molecular flexibility index (Phi) is 6.09. The Balaban J connectivity index is 1.75. The molecule has 0 fully saturated rings. The molecule has 0 aliphatic carbocycles. The highest BCUT2D eigenvalue weighted by Crippen LogP contribution is 2.30. The molecule has 1 aliphatic rings. The van der Waals surface area contributed by atoms with Crippen molar-refractivity contribution in [3.8, 4) is 11.5 Å². The number of carbonyl (C=O) groups is 1. The van der Waals surface area contributed by atoms with Crippen molar-refractivity contribution < 1.29 is 14.3 Å². The number of amides is 1. The van der Waals surface area contributed by atoms with E-state index in [0.29, 0.717) is 23.6 Å². The van der Waals surface area contributed by atoms with Crippen LogP contribution >= 0.6 is 0 Å². The van der Waals surface area contributed by atoms with Gasteiger partial charge in [0.15, 0.2) is 0 Å². The van der Waals surface area contributed by atoms with Crippen molar-refractivity contribution in [3.05, 3.63) is 53.1 Å². The maximum absolute atomic E-state index is 12.8. The fourth-order valence-electron chi connectivity index (χ4n) is 3.66. The van der Waals surface area contributed by atoms with Crippen LogP contribution in [-0.4, -0.2) is 59.3 Å². The standard InChI is InChI=1S/C22H29N3O3/c1-24(2)20(15-6-9-19-16(12-15)10-11-25(19)3)14-23-22(26)18-8-7-17(27-4)13-21(18)28-5/h6-9,12-13,20H,10-11,14H2,1-5H3,(H,23,26)/t20-/m0/s1. The van der Waals surface area contributed by atoms with Crippen LogP contribution in [0.15, 0.2) is 36.4 Å². The van der Waals surface area contributed by atoms with Crippen LogP contribution in [0.1, 0.15) is 27.5 Å². The summed E-state index contributed by atoms with van der Waals surface area (Å²) < 4.78 is 10.6. The van der Waals surface area contributed by atoms with Crippen LogP contribution in [0.25, 0.3) is 0 Å². The molecular weight excluding hydrogens is 354 g/mol. The van der Waals surface area contributed by atoms with Gasteiger partial charge in [-0.2, -0.15) is 0 Å². The molecular formula is C22H29N3O3. The summed E-state index contributed by atoms with van der Waals surface area (Å²) in [4.78, 5) is 17.2. The minimum absolute atomic E-state index is 0.0874. The number of ether oxygens (including phenoxy) is 2. The minimum atomic E-state index is -0.160. The van der Waals surface area contributed by atoms with E-state index in [9.17, 15) is 4.79 Å². The number of rotatable bonds is 7. The summed E-state index contributed by atoms with van der Waals surface area (Å²) in [5.74, 6) is 0.994. The maximum Gasteiger partial charge on any atom is 0.255 e. The second-order valence-corrected chi connectivity index (χ2v) is 7.32.